The molecule has 1 unspecified atom stereocenters. The molecule has 1 aliphatic rings. The molecular formula is C19H28N4O2S2. The molecule has 1 aliphatic heterocycles. The zero-order valence-corrected chi connectivity index (χ0v) is 17.6. The standard InChI is InChI=1S/C19H28N4O2S2/c1-22(2)19-20-12-18(26-19)14-23-10-6-9-17(13-23)11-21-27(24,25)15-16-7-4-3-5-8-16/h3-5,7-8,12,17,21H,6,9-11,13-15H2,1-2H3. The summed E-state index contributed by atoms with van der Waals surface area (Å²) >= 11 is 1.72. The highest BCUT2D eigenvalue weighted by atomic mass is 32.2. The fourth-order valence-corrected chi connectivity index (χ4v) is 5.45. The lowest BCUT2D eigenvalue weighted by Gasteiger charge is -2.32. The Hall–Kier alpha value is -1.48. The van der Waals surface area contributed by atoms with Crippen molar-refractivity contribution >= 4 is 26.5 Å². The summed E-state index contributed by atoms with van der Waals surface area (Å²) < 4.78 is 27.5. The first-order chi connectivity index (χ1) is 12.9. The molecule has 0 radical (unpaired) electrons. The molecule has 1 saturated heterocycles. The Balaban J connectivity index is 1.49. The van der Waals surface area contributed by atoms with Gasteiger partial charge >= 0.3 is 0 Å². The van der Waals surface area contributed by atoms with Gasteiger partial charge in [0.25, 0.3) is 0 Å². The zero-order valence-electron chi connectivity index (χ0n) is 16.0. The summed E-state index contributed by atoms with van der Waals surface area (Å²) in [5, 5.41) is 1.02. The molecule has 27 heavy (non-hydrogen) atoms. The van der Waals surface area contributed by atoms with E-state index in [4.69, 9.17) is 0 Å². The number of rotatable bonds is 8. The van der Waals surface area contributed by atoms with E-state index in [0.717, 1.165) is 43.2 Å². The minimum atomic E-state index is -3.30. The van der Waals surface area contributed by atoms with Crippen molar-refractivity contribution in [2.75, 3.05) is 38.6 Å². The maximum atomic E-state index is 12.3. The molecule has 0 aliphatic carbocycles. The van der Waals surface area contributed by atoms with Crippen LogP contribution in [0.3, 0.4) is 0 Å². The summed E-state index contributed by atoms with van der Waals surface area (Å²) in [7, 11) is 0.704. The lowest BCUT2D eigenvalue weighted by molar-refractivity contribution is 0.170. The Kier molecular flexibility index (Phi) is 6.86. The van der Waals surface area contributed by atoms with Crippen molar-refractivity contribution in [1.82, 2.24) is 14.6 Å². The first-order valence-electron chi connectivity index (χ1n) is 9.27. The molecule has 1 aromatic heterocycles. The smallest absolute Gasteiger partial charge is 0.215 e. The number of likely N-dealkylation sites (tertiary alicyclic amines) is 1. The number of hydrogen-bond acceptors (Lipinski definition) is 6. The van der Waals surface area contributed by atoms with Gasteiger partial charge in [0.2, 0.25) is 10.0 Å². The molecule has 3 rings (SSSR count). The topological polar surface area (TPSA) is 65.5 Å². The van der Waals surface area contributed by atoms with Gasteiger partial charge < -0.3 is 4.90 Å². The van der Waals surface area contributed by atoms with Crippen LogP contribution < -0.4 is 9.62 Å². The quantitative estimate of drug-likeness (QED) is 0.727. The number of sulfonamides is 1. The summed E-state index contributed by atoms with van der Waals surface area (Å²) in [6.07, 6.45) is 4.12. The van der Waals surface area contributed by atoms with E-state index in [0.29, 0.717) is 12.5 Å². The molecule has 1 aromatic carbocycles. The van der Waals surface area contributed by atoms with Gasteiger partial charge in [0.1, 0.15) is 0 Å². The van der Waals surface area contributed by atoms with Crippen molar-refractivity contribution in [3.8, 4) is 0 Å². The molecule has 2 heterocycles. The third-order valence-corrected chi connectivity index (χ3v) is 7.17. The van der Waals surface area contributed by atoms with Crippen molar-refractivity contribution in [1.29, 1.82) is 0 Å². The van der Waals surface area contributed by atoms with E-state index in [1.807, 2.05) is 55.5 Å². The van der Waals surface area contributed by atoms with Crippen molar-refractivity contribution in [2.24, 2.45) is 5.92 Å². The highest BCUT2D eigenvalue weighted by Gasteiger charge is 2.22. The van der Waals surface area contributed by atoms with Crippen molar-refractivity contribution in [3.63, 3.8) is 0 Å². The first-order valence-corrected chi connectivity index (χ1v) is 11.7. The van der Waals surface area contributed by atoms with Crippen LogP contribution in [0.4, 0.5) is 5.13 Å². The van der Waals surface area contributed by atoms with Crippen molar-refractivity contribution in [3.05, 3.63) is 47.0 Å². The van der Waals surface area contributed by atoms with Gasteiger partial charge in [0.05, 0.1) is 5.75 Å². The number of hydrogen-bond donors (Lipinski definition) is 1. The molecule has 1 atom stereocenters. The summed E-state index contributed by atoms with van der Waals surface area (Å²) in [6.45, 7) is 3.38. The maximum Gasteiger partial charge on any atom is 0.215 e. The summed E-state index contributed by atoms with van der Waals surface area (Å²) in [5.74, 6) is 0.392. The Morgan fingerprint density at radius 3 is 2.78 bits per heavy atom. The largest absolute Gasteiger partial charge is 0.354 e. The third-order valence-electron chi connectivity index (χ3n) is 4.70. The molecule has 148 valence electrons. The van der Waals surface area contributed by atoms with Crippen molar-refractivity contribution in [2.45, 2.75) is 25.1 Å². The SMILES string of the molecule is CN(C)c1ncc(CN2CCCC(CNS(=O)(=O)Cc3ccccc3)C2)s1. The van der Waals surface area contributed by atoms with Crippen LogP contribution in [0.25, 0.3) is 0 Å². The van der Waals surface area contributed by atoms with Gasteiger partial charge in [-0.25, -0.2) is 18.1 Å². The molecule has 6 nitrogen and oxygen atoms in total. The summed E-state index contributed by atoms with van der Waals surface area (Å²) in [5.41, 5.74) is 0.817. The van der Waals surface area contributed by atoms with E-state index in [2.05, 4.69) is 14.6 Å². The van der Waals surface area contributed by atoms with Gasteiger partial charge in [-0.2, -0.15) is 0 Å². The van der Waals surface area contributed by atoms with E-state index >= 15 is 0 Å². The highest BCUT2D eigenvalue weighted by molar-refractivity contribution is 7.88. The van der Waals surface area contributed by atoms with E-state index in [1.165, 1.54) is 4.88 Å². The Bertz CT molecular complexity index is 821. The van der Waals surface area contributed by atoms with E-state index in [1.54, 1.807) is 11.3 Å². The molecule has 0 saturated carbocycles. The average Bonchev–Trinajstić information content (AvgIpc) is 3.10. The monoisotopic (exact) mass is 408 g/mol. The van der Waals surface area contributed by atoms with Gasteiger partial charge in [0, 0.05) is 44.8 Å². The van der Waals surface area contributed by atoms with E-state index in [-0.39, 0.29) is 5.75 Å². The molecule has 1 fully saturated rings. The van der Waals surface area contributed by atoms with Crippen LogP contribution in [0, 0.1) is 5.92 Å². The van der Waals surface area contributed by atoms with Crippen LogP contribution in [0.2, 0.25) is 0 Å². The van der Waals surface area contributed by atoms with E-state index in [9.17, 15) is 8.42 Å². The molecule has 0 amide bonds. The minimum absolute atomic E-state index is 0.0401. The Morgan fingerprint density at radius 1 is 1.30 bits per heavy atom. The van der Waals surface area contributed by atoms with Crippen LogP contribution in [-0.4, -0.2) is 52.0 Å². The van der Waals surface area contributed by atoms with Gasteiger partial charge in [-0.15, -0.1) is 11.3 Å². The minimum Gasteiger partial charge on any atom is -0.354 e. The second kappa shape index (κ2) is 9.14. The summed E-state index contributed by atoms with van der Waals surface area (Å²) in [4.78, 5) is 10.1. The molecule has 0 bridgehead atoms. The van der Waals surface area contributed by atoms with Crippen LogP contribution in [-0.2, 0) is 22.3 Å². The normalized spacial score (nSPS) is 18.5. The van der Waals surface area contributed by atoms with Crippen LogP contribution in [0.15, 0.2) is 36.5 Å². The number of anilines is 1. The highest BCUT2D eigenvalue weighted by Crippen LogP contribution is 2.24. The second-order valence-corrected chi connectivity index (χ2v) is 10.2. The van der Waals surface area contributed by atoms with Gasteiger partial charge in [-0.05, 0) is 30.9 Å². The molecular weight excluding hydrogens is 380 g/mol. The average molecular weight is 409 g/mol. The fourth-order valence-electron chi connectivity index (χ4n) is 3.35. The molecule has 1 N–H and O–H groups in total. The van der Waals surface area contributed by atoms with Crippen LogP contribution in [0.5, 0.6) is 0 Å². The number of benzene rings is 1. The lowest BCUT2D eigenvalue weighted by atomic mass is 9.98. The van der Waals surface area contributed by atoms with E-state index < -0.39 is 10.0 Å². The number of nitrogens with zero attached hydrogens (tertiary/aromatic N) is 3. The zero-order chi connectivity index (χ0) is 19.3. The number of piperidine rings is 1. The molecule has 2 aromatic rings. The molecule has 0 spiro atoms. The van der Waals surface area contributed by atoms with Gasteiger partial charge in [0.15, 0.2) is 5.13 Å². The number of aromatic nitrogens is 1. The number of thiazole rings is 1. The fraction of sp³-hybridized carbons (Fsp3) is 0.526. The van der Waals surface area contributed by atoms with Gasteiger partial charge in [-0.1, -0.05) is 30.3 Å². The maximum absolute atomic E-state index is 12.3. The third kappa shape index (κ3) is 6.27. The van der Waals surface area contributed by atoms with Crippen LogP contribution in [0.1, 0.15) is 23.3 Å². The molecule has 8 heteroatoms. The first kappa shape index (κ1) is 20.3. The van der Waals surface area contributed by atoms with Crippen molar-refractivity contribution < 1.29 is 8.42 Å². The second-order valence-electron chi connectivity index (χ2n) is 7.34. The lowest BCUT2D eigenvalue weighted by Crippen LogP contribution is -2.40. The predicted molar refractivity (Wildman–Crippen MR) is 112 cm³/mol. The predicted octanol–water partition coefficient (Wildman–Crippen LogP) is 2.54. The van der Waals surface area contributed by atoms with Gasteiger partial charge in [-0.3, -0.25) is 4.90 Å². The Morgan fingerprint density at radius 2 is 2.07 bits per heavy atom. The Labute approximate surface area is 166 Å². The summed E-state index contributed by atoms with van der Waals surface area (Å²) in [6, 6.07) is 9.32. The van der Waals surface area contributed by atoms with Crippen LogP contribution >= 0.6 is 11.3 Å². The number of nitrogens with one attached hydrogen (secondary N) is 1.